The zero-order chi connectivity index (χ0) is 29.8. The molecule has 0 radical (unpaired) electrons. The van der Waals surface area contributed by atoms with E-state index < -0.39 is 6.04 Å². The first-order valence-electron chi connectivity index (χ1n) is 13.3. The summed E-state index contributed by atoms with van der Waals surface area (Å²) in [5, 5.41) is 18.9. The van der Waals surface area contributed by atoms with E-state index in [-0.39, 0.29) is 23.5 Å². The van der Waals surface area contributed by atoms with Crippen LogP contribution in [0, 0.1) is 3.57 Å². The van der Waals surface area contributed by atoms with Gasteiger partial charge in [0.1, 0.15) is 17.6 Å². The van der Waals surface area contributed by atoms with Crippen LogP contribution in [-0.2, 0) is 16.0 Å². The van der Waals surface area contributed by atoms with Crippen LogP contribution in [0.25, 0.3) is 5.53 Å². The van der Waals surface area contributed by atoms with E-state index in [1.54, 1.807) is 24.3 Å². The van der Waals surface area contributed by atoms with E-state index in [1.807, 2.05) is 53.9 Å². The lowest BCUT2D eigenvalue weighted by Crippen LogP contribution is -3.02. The number of aromatic nitrogens is 1. The molecule has 3 rings (SSSR count). The first kappa shape index (κ1) is 32.2. The van der Waals surface area contributed by atoms with Gasteiger partial charge in [0.15, 0.2) is 0 Å². The fourth-order valence-corrected chi connectivity index (χ4v) is 4.46. The average Bonchev–Trinajstić information content (AvgIpc) is 3.38. The number of anilines is 1. The van der Waals surface area contributed by atoms with Crippen molar-refractivity contribution < 1.29 is 24.5 Å². The molecule has 1 aliphatic heterocycles. The Morgan fingerprint density at radius 1 is 1.20 bits per heavy atom. The smallest absolute Gasteiger partial charge is 0.269 e. The first-order valence-corrected chi connectivity index (χ1v) is 14.4. The van der Waals surface area contributed by atoms with Crippen molar-refractivity contribution in [3.05, 3.63) is 68.8 Å². The second-order valence-corrected chi connectivity index (χ2v) is 11.1. The lowest BCUT2D eigenvalue weighted by atomic mass is 10.1. The van der Waals surface area contributed by atoms with Crippen molar-refractivity contribution in [2.45, 2.75) is 31.7 Å². The standard InChI is InChI=1S/C27H38IN9O4/c1-36(2)13-11-31-27(41)23-7-6-19(16-32-23)33-25(39)4-3-12-37-17-20(34-35-37)9-10-30-26(40)22(29)15-18-5-8-24(38)21(28)14-18/h5-8,14,16-17,22,34,37-38H,3-4,9-13,15,29H2,1-2H3,(H,30,40)(H,31,41)(H,33,39)/t22-/m0/s1. The maximum Gasteiger partial charge on any atom is 0.269 e. The number of phenols is 1. The monoisotopic (exact) mass is 679 g/mol. The number of carbonyl (C=O) groups excluding carboxylic acids is 3. The Hall–Kier alpha value is -3.31. The van der Waals surface area contributed by atoms with Crippen LogP contribution in [-0.4, -0.2) is 79.0 Å². The van der Waals surface area contributed by atoms with Gasteiger partial charge in [0.2, 0.25) is 11.8 Å². The van der Waals surface area contributed by atoms with E-state index >= 15 is 0 Å². The Bertz CT molecular complexity index is 1220. The summed E-state index contributed by atoms with van der Waals surface area (Å²) < 4.78 is 0.712. The molecule has 1 aromatic carbocycles. The quantitative estimate of drug-likeness (QED) is 0.129. The van der Waals surface area contributed by atoms with Gasteiger partial charge in [0.25, 0.3) is 5.91 Å². The van der Waals surface area contributed by atoms with Crippen molar-refractivity contribution in [3.8, 4) is 5.75 Å². The number of quaternary nitrogens is 1. The highest BCUT2D eigenvalue weighted by Crippen LogP contribution is 2.20. The number of pyridine rings is 1. The maximum atomic E-state index is 12.4. The van der Waals surface area contributed by atoms with Crippen LogP contribution in [0.4, 0.5) is 5.69 Å². The lowest BCUT2D eigenvalue weighted by molar-refractivity contribution is -0.804. The van der Waals surface area contributed by atoms with E-state index in [9.17, 15) is 19.5 Å². The molecule has 0 aliphatic carbocycles. The van der Waals surface area contributed by atoms with Gasteiger partial charge >= 0.3 is 0 Å². The van der Waals surface area contributed by atoms with Crippen molar-refractivity contribution in [2.75, 3.05) is 45.6 Å². The molecule has 0 bridgehead atoms. The molecule has 3 amide bonds. The number of nitrogens with zero attached hydrogens (tertiary/aromatic N) is 3. The topological polar surface area (TPSA) is 180 Å². The molecule has 13 nitrogen and oxygen atoms in total. The maximum absolute atomic E-state index is 12.4. The second kappa shape index (κ2) is 16.2. The molecule has 222 valence electrons. The van der Waals surface area contributed by atoms with Gasteiger partial charge in [-0.2, -0.15) is 0 Å². The fourth-order valence-electron chi connectivity index (χ4n) is 3.88. The molecule has 1 aliphatic rings. The number of nitrogens with two attached hydrogens (primary N) is 1. The summed E-state index contributed by atoms with van der Waals surface area (Å²) in [5.74, 6) is -0.444. The zero-order valence-electron chi connectivity index (χ0n) is 23.2. The summed E-state index contributed by atoms with van der Waals surface area (Å²) in [4.78, 5) is 42.9. The van der Waals surface area contributed by atoms with Gasteiger partial charge in [0.05, 0.1) is 33.7 Å². The summed E-state index contributed by atoms with van der Waals surface area (Å²) in [6.45, 7) is 2.29. The summed E-state index contributed by atoms with van der Waals surface area (Å²) >= 11 is 2.03. The molecule has 14 heteroatoms. The van der Waals surface area contributed by atoms with Crippen molar-refractivity contribution in [2.24, 2.45) is 5.73 Å². The highest BCUT2D eigenvalue weighted by Gasteiger charge is 2.16. The minimum atomic E-state index is -0.690. The van der Waals surface area contributed by atoms with Crippen LogP contribution in [0.3, 0.4) is 0 Å². The molecule has 0 fully saturated rings. The molecule has 0 saturated carbocycles. The molecule has 2 heterocycles. The normalized spacial score (nSPS) is 15.1. The van der Waals surface area contributed by atoms with E-state index in [2.05, 4.69) is 31.9 Å². The van der Waals surface area contributed by atoms with Crippen LogP contribution >= 0.6 is 22.6 Å². The number of likely N-dealkylation sites (N-methyl/N-ethyl adjacent to an activating group) is 1. The lowest BCUT2D eigenvalue weighted by Gasteiger charge is -2.21. The van der Waals surface area contributed by atoms with Gasteiger partial charge < -0.3 is 47.7 Å². The molecule has 1 aromatic heterocycles. The van der Waals surface area contributed by atoms with Crippen molar-refractivity contribution in [1.29, 1.82) is 0 Å². The van der Waals surface area contributed by atoms with Crippen LogP contribution < -0.4 is 32.1 Å². The van der Waals surface area contributed by atoms with E-state index in [0.29, 0.717) is 60.3 Å². The third-order valence-electron chi connectivity index (χ3n) is 6.14. The number of phenolic OH excluding ortho intramolecular Hbond substituents is 1. The molecule has 8 N–H and O–H groups in total. The fraction of sp³-hybridized carbons (Fsp3) is 0.407. The molecule has 0 saturated heterocycles. The average molecular weight is 680 g/mol. The van der Waals surface area contributed by atoms with Gasteiger partial charge in [-0.05, 0) is 72.9 Å². The summed E-state index contributed by atoms with van der Waals surface area (Å²) in [7, 11) is 3.86. The molecule has 41 heavy (non-hydrogen) atoms. The number of carbonyl (C=O) groups is 3. The number of hydrogen-bond donors (Lipinski definition) is 7. The van der Waals surface area contributed by atoms with Crippen molar-refractivity contribution in [1.82, 2.24) is 25.9 Å². The Labute approximate surface area is 253 Å². The molecule has 0 spiro atoms. The number of halogens is 1. The minimum absolute atomic E-state index is 0.146. The van der Waals surface area contributed by atoms with Gasteiger partial charge in [-0.3, -0.25) is 14.4 Å². The molecule has 2 atom stereocenters. The zero-order valence-corrected chi connectivity index (χ0v) is 25.4. The molecule has 2 aromatic rings. The van der Waals surface area contributed by atoms with Gasteiger partial charge in [-0.25, -0.2) is 4.98 Å². The minimum Gasteiger partial charge on any atom is -0.507 e. The molecular weight excluding hydrogens is 641 g/mol. The van der Waals surface area contributed by atoms with Gasteiger partial charge in [-0.1, -0.05) is 6.07 Å². The van der Waals surface area contributed by atoms with Crippen molar-refractivity contribution >= 4 is 46.0 Å². The van der Waals surface area contributed by atoms with E-state index in [4.69, 9.17) is 5.73 Å². The number of hydrogen-bond acceptors (Lipinski definition) is 8. The van der Waals surface area contributed by atoms with Crippen LogP contribution in [0.1, 0.15) is 35.3 Å². The first-order chi connectivity index (χ1) is 19.6. The van der Waals surface area contributed by atoms with Gasteiger partial charge in [0, 0.05) is 38.9 Å². The Morgan fingerprint density at radius 3 is 2.71 bits per heavy atom. The third-order valence-corrected chi connectivity index (χ3v) is 7.01. The van der Waals surface area contributed by atoms with Crippen LogP contribution in [0.15, 0.2) is 48.4 Å². The number of benzene rings is 1. The summed E-state index contributed by atoms with van der Waals surface area (Å²) in [6.07, 6.45) is 5.26. The largest absolute Gasteiger partial charge is 0.507 e. The molecule has 1 unspecified atom stereocenters. The van der Waals surface area contributed by atoms with Gasteiger partial charge in [-0.15, -0.1) is 0 Å². The predicted octanol–water partition coefficient (Wildman–Crippen LogP) is 0.0114. The number of aromatic hydroxyl groups is 1. The number of nitrogens with one attached hydrogen (secondary N) is 5. The highest BCUT2D eigenvalue weighted by atomic mass is 127. The van der Waals surface area contributed by atoms with Crippen molar-refractivity contribution in [3.63, 3.8) is 0 Å². The SMILES string of the molecule is CN(C)CCNC(=O)c1ccc(NC(=O)CCC[NH+]2C=C(CCNC(=O)[C@@H](N)Cc3ccc(O)c(I)c3)N[N-]2)cn1. The number of amides is 3. The second-order valence-electron chi connectivity index (χ2n) is 9.91. The molecular formula is C27H38IN9O4. The highest BCUT2D eigenvalue weighted by molar-refractivity contribution is 14.1. The summed E-state index contributed by atoms with van der Waals surface area (Å²) in [6, 6.07) is 7.71. The van der Waals surface area contributed by atoms with Crippen LogP contribution in [0.2, 0.25) is 0 Å². The third kappa shape index (κ3) is 11.2. The Balaban J connectivity index is 1.30. The number of rotatable bonds is 15. The van der Waals surface area contributed by atoms with E-state index in [1.165, 1.54) is 6.20 Å². The van der Waals surface area contributed by atoms with Crippen LogP contribution in [0.5, 0.6) is 5.75 Å². The summed E-state index contributed by atoms with van der Waals surface area (Å²) in [5.41, 5.74) is 15.9. The predicted molar refractivity (Wildman–Crippen MR) is 164 cm³/mol. The van der Waals surface area contributed by atoms with E-state index in [0.717, 1.165) is 22.8 Å². The Kier molecular flexibility index (Phi) is 12.7. The Morgan fingerprint density at radius 2 is 2.00 bits per heavy atom.